The molecule has 0 fully saturated rings. The average molecular weight is 307 g/mol. The number of aliphatic hydroxyl groups excluding tert-OH is 1. The number of benzene rings is 1. The van der Waals surface area contributed by atoms with E-state index in [0.717, 1.165) is 6.20 Å². The molecular weight excluding hydrogens is 299 g/mol. The van der Waals surface area contributed by atoms with Crippen molar-refractivity contribution in [1.82, 2.24) is 4.98 Å². The first-order valence-electron chi connectivity index (χ1n) is 4.93. The van der Waals surface area contributed by atoms with Crippen LogP contribution in [0, 0.1) is 5.82 Å². The highest BCUT2D eigenvalue weighted by molar-refractivity contribution is 6.48. The van der Waals surface area contributed by atoms with E-state index in [1.807, 2.05) is 0 Å². The quantitative estimate of drug-likeness (QED) is 0.837. The molecule has 1 aromatic carbocycles. The third-order valence-electron chi connectivity index (χ3n) is 2.38. The number of hydrogen-bond donors (Lipinski definition) is 1. The maximum Gasteiger partial charge on any atom is 0.142 e. The van der Waals surface area contributed by atoms with E-state index in [4.69, 9.17) is 34.8 Å². The van der Waals surface area contributed by atoms with Crippen molar-refractivity contribution in [2.75, 3.05) is 0 Å². The van der Waals surface area contributed by atoms with Crippen molar-refractivity contribution in [1.29, 1.82) is 0 Å². The van der Waals surface area contributed by atoms with Crippen LogP contribution < -0.4 is 0 Å². The molecule has 2 rings (SSSR count). The van der Waals surface area contributed by atoms with E-state index in [1.54, 1.807) is 12.1 Å². The number of aliphatic hydroxyl groups is 1. The second-order valence-electron chi connectivity index (χ2n) is 3.56. The molecule has 0 aliphatic carbocycles. The summed E-state index contributed by atoms with van der Waals surface area (Å²) in [5, 5.41) is 9.93. The number of rotatable bonds is 2. The number of aromatic nitrogens is 1. The van der Waals surface area contributed by atoms with Gasteiger partial charge in [0.15, 0.2) is 0 Å². The SMILES string of the molecule is OCc1ncc(F)cc1-c1cc(Cl)c(Cl)c(Cl)c1. The van der Waals surface area contributed by atoms with Gasteiger partial charge in [-0.25, -0.2) is 4.39 Å². The average Bonchev–Trinajstić information content (AvgIpc) is 2.35. The molecule has 0 aliphatic rings. The second kappa shape index (κ2) is 5.41. The topological polar surface area (TPSA) is 33.1 Å². The zero-order valence-corrected chi connectivity index (χ0v) is 11.2. The van der Waals surface area contributed by atoms with Crippen molar-refractivity contribution in [3.63, 3.8) is 0 Å². The Kier molecular flexibility index (Phi) is 4.07. The molecule has 0 aliphatic heterocycles. The standard InChI is InChI=1S/C12H7Cl3FNO/c13-9-1-6(2-10(14)12(9)15)8-3-7(16)4-17-11(8)5-18/h1-4,18H,5H2. The summed E-state index contributed by atoms with van der Waals surface area (Å²) in [6, 6.07) is 4.35. The number of pyridine rings is 1. The Hall–Kier alpha value is -0.870. The molecule has 0 saturated heterocycles. The van der Waals surface area contributed by atoms with Gasteiger partial charge in [0.1, 0.15) is 5.82 Å². The summed E-state index contributed by atoms with van der Waals surface area (Å²) in [5.41, 5.74) is 1.31. The Bertz CT molecular complexity index is 581. The summed E-state index contributed by atoms with van der Waals surface area (Å²) in [4.78, 5) is 3.81. The van der Waals surface area contributed by atoms with Gasteiger partial charge < -0.3 is 5.11 Å². The molecule has 1 heterocycles. The Morgan fingerprint density at radius 1 is 1.11 bits per heavy atom. The molecular formula is C12H7Cl3FNO. The summed E-state index contributed by atoms with van der Waals surface area (Å²) in [5.74, 6) is -0.510. The van der Waals surface area contributed by atoms with Gasteiger partial charge in [-0.05, 0) is 23.8 Å². The smallest absolute Gasteiger partial charge is 0.142 e. The van der Waals surface area contributed by atoms with E-state index < -0.39 is 5.82 Å². The lowest BCUT2D eigenvalue weighted by molar-refractivity contribution is 0.277. The minimum atomic E-state index is -0.510. The van der Waals surface area contributed by atoms with E-state index >= 15 is 0 Å². The molecule has 0 unspecified atom stereocenters. The Morgan fingerprint density at radius 2 is 1.72 bits per heavy atom. The maximum atomic E-state index is 13.2. The molecule has 0 spiro atoms. The van der Waals surface area contributed by atoms with Crippen LogP contribution in [0.5, 0.6) is 0 Å². The van der Waals surface area contributed by atoms with Crippen LogP contribution in [-0.4, -0.2) is 10.1 Å². The summed E-state index contributed by atoms with van der Waals surface area (Å²) in [7, 11) is 0. The molecule has 18 heavy (non-hydrogen) atoms. The van der Waals surface area contributed by atoms with E-state index in [1.165, 1.54) is 6.07 Å². The normalized spacial score (nSPS) is 10.7. The summed E-state index contributed by atoms with van der Waals surface area (Å²) >= 11 is 17.7. The predicted molar refractivity (Wildman–Crippen MR) is 70.6 cm³/mol. The molecule has 0 atom stereocenters. The Labute approximate surface area is 118 Å². The van der Waals surface area contributed by atoms with Crippen LogP contribution in [0.3, 0.4) is 0 Å². The molecule has 2 nitrogen and oxygen atoms in total. The second-order valence-corrected chi connectivity index (χ2v) is 4.75. The van der Waals surface area contributed by atoms with Crippen LogP contribution >= 0.6 is 34.8 Å². The van der Waals surface area contributed by atoms with Gasteiger partial charge in [-0.2, -0.15) is 0 Å². The molecule has 6 heteroatoms. The van der Waals surface area contributed by atoms with E-state index in [0.29, 0.717) is 16.8 Å². The van der Waals surface area contributed by atoms with Crippen LogP contribution in [0.1, 0.15) is 5.69 Å². The Morgan fingerprint density at radius 3 is 2.28 bits per heavy atom. The highest BCUT2D eigenvalue weighted by Gasteiger charge is 2.12. The lowest BCUT2D eigenvalue weighted by Crippen LogP contribution is -1.95. The van der Waals surface area contributed by atoms with Crippen molar-refractivity contribution < 1.29 is 9.50 Å². The fraction of sp³-hybridized carbons (Fsp3) is 0.0833. The van der Waals surface area contributed by atoms with Gasteiger partial charge in [0, 0.05) is 5.56 Å². The van der Waals surface area contributed by atoms with Crippen molar-refractivity contribution in [3.05, 3.63) is 51.0 Å². The zero-order chi connectivity index (χ0) is 13.3. The van der Waals surface area contributed by atoms with E-state index in [-0.39, 0.29) is 21.7 Å². The fourth-order valence-corrected chi connectivity index (χ4v) is 2.15. The minimum Gasteiger partial charge on any atom is -0.390 e. The van der Waals surface area contributed by atoms with Crippen LogP contribution in [0.15, 0.2) is 24.4 Å². The van der Waals surface area contributed by atoms with Crippen molar-refractivity contribution in [3.8, 4) is 11.1 Å². The van der Waals surface area contributed by atoms with Gasteiger partial charge in [0.05, 0.1) is 33.6 Å². The zero-order valence-electron chi connectivity index (χ0n) is 8.92. The first-order chi connectivity index (χ1) is 8.52. The summed E-state index contributed by atoms with van der Waals surface area (Å²) in [6.45, 7) is -0.312. The number of halogens is 4. The molecule has 94 valence electrons. The minimum absolute atomic E-state index is 0.233. The van der Waals surface area contributed by atoms with Crippen molar-refractivity contribution in [2.45, 2.75) is 6.61 Å². The first-order valence-corrected chi connectivity index (χ1v) is 6.06. The number of nitrogens with zero attached hydrogens (tertiary/aromatic N) is 1. The van der Waals surface area contributed by atoms with Gasteiger partial charge in [0.25, 0.3) is 0 Å². The van der Waals surface area contributed by atoms with E-state index in [2.05, 4.69) is 4.98 Å². The highest BCUT2D eigenvalue weighted by Crippen LogP contribution is 2.35. The van der Waals surface area contributed by atoms with Gasteiger partial charge in [-0.1, -0.05) is 34.8 Å². The van der Waals surface area contributed by atoms with Crippen LogP contribution in [0.4, 0.5) is 4.39 Å². The monoisotopic (exact) mass is 305 g/mol. The maximum absolute atomic E-state index is 13.2. The molecule has 1 N–H and O–H groups in total. The van der Waals surface area contributed by atoms with Gasteiger partial charge in [-0.15, -0.1) is 0 Å². The highest BCUT2D eigenvalue weighted by atomic mass is 35.5. The molecule has 0 bridgehead atoms. The largest absolute Gasteiger partial charge is 0.390 e. The molecule has 0 radical (unpaired) electrons. The third kappa shape index (κ3) is 2.59. The lowest BCUT2D eigenvalue weighted by Gasteiger charge is -2.09. The van der Waals surface area contributed by atoms with E-state index in [9.17, 15) is 9.50 Å². The van der Waals surface area contributed by atoms with Gasteiger partial charge in [-0.3, -0.25) is 4.98 Å². The lowest BCUT2D eigenvalue weighted by atomic mass is 10.0. The number of hydrogen-bond acceptors (Lipinski definition) is 2. The predicted octanol–water partition coefficient (Wildman–Crippen LogP) is 4.34. The third-order valence-corrected chi connectivity index (χ3v) is 3.58. The molecule has 1 aromatic heterocycles. The van der Waals surface area contributed by atoms with Crippen molar-refractivity contribution in [2.24, 2.45) is 0 Å². The van der Waals surface area contributed by atoms with Crippen LogP contribution in [0.2, 0.25) is 15.1 Å². The Balaban J connectivity index is 2.65. The fourth-order valence-electron chi connectivity index (χ4n) is 1.55. The molecule has 0 amide bonds. The molecule has 2 aromatic rings. The first kappa shape index (κ1) is 13.6. The van der Waals surface area contributed by atoms with Gasteiger partial charge in [0.2, 0.25) is 0 Å². The summed E-state index contributed by atoms with van der Waals surface area (Å²) < 4.78 is 13.2. The van der Waals surface area contributed by atoms with Crippen LogP contribution in [0.25, 0.3) is 11.1 Å². The van der Waals surface area contributed by atoms with Gasteiger partial charge >= 0.3 is 0 Å². The summed E-state index contributed by atoms with van der Waals surface area (Å²) in [6.07, 6.45) is 1.04. The molecule has 0 saturated carbocycles. The van der Waals surface area contributed by atoms with Crippen molar-refractivity contribution >= 4 is 34.8 Å². The van der Waals surface area contributed by atoms with Crippen LogP contribution in [-0.2, 0) is 6.61 Å².